The Morgan fingerprint density at radius 3 is 0.740 bits per heavy atom. The summed E-state index contributed by atoms with van der Waals surface area (Å²) in [5.74, 6) is -0.801. The molecule has 8 rings (SSSR count). The number of rotatable bonds is 8. The monoisotopic (exact) mass is 1080 g/mol. The van der Waals surface area contributed by atoms with Crippen molar-refractivity contribution in [3.8, 4) is 44.5 Å². The number of carbonyl (C=O) groups is 2. The van der Waals surface area contributed by atoms with Crippen molar-refractivity contribution in [1.82, 2.24) is 0 Å². The smallest absolute Gasteiger partial charge is 0.872 e. The maximum Gasteiger partial charge on any atom is 2.00 e. The second-order valence-electron chi connectivity index (χ2n) is 23.4. The average molecular weight is 1080 g/mol. The first-order chi connectivity index (χ1) is 35.6. The van der Waals surface area contributed by atoms with Gasteiger partial charge in [-0.05, 0) is 221 Å². The number of ether oxygens (including phenoxy) is 2. The molecule has 2 aliphatic heterocycles. The van der Waals surface area contributed by atoms with E-state index in [1.165, 1.54) is 60.1 Å². The number of hydrogen-bond donors (Lipinski definition) is 0. The Morgan fingerprint density at radius 2 is 0.584 bits per heavy atom. The molecule has 6 nitrogen and oxygen atoms in total. The van der Waals surface area contributed by atoms with Crippen LogP contribution in [-0.2, 0) is 35.6 Å². The molecule has 7 heteroatoms. The summed E-state index contributed by atoms with van der Waals surface area (Å²) in [5, 5.41) is 27.6. The predicted molar refractivity (Wildman–Crippen MR) is 316 cm³/mol. The molecule has 0 amide bonds. The third kappa shape index (κ3) is 16.6. The molecule has 2 fully saturated rings. The first-order valence-corrected chi connectivity index (χ1v) is 27.2. The van der Waals surface area contributed by atoms with Crippen molar-refractivity contribution in [3.63, 3.8) is 0 Å². The summed E-state index contributed by atoms with van der Waals surface area (Å²) >= 11 is 0. The first-order valence-electron chi connectivity index (χ1n) is 27.2. The van der Waals surface area contributed by atoms with Gasteiger partial charge in [0.25, 0.3) is 0 Å². The normalized spacial score (nSPS) is 13.6. The third-order valence-electron chi connectivity index (χ3n) is 14.1. The Bertz CT molecular complexity index is 2660. The molecule has 0 N–H and O–H groups in total. The Kier molecular flexibility index (Phi) is 22.9. The standard InChI is InChI=1S/2C31H36O2.2C4H8O.Ni/c2*1-18-13-20(3)28(21(4)14-18)24-11-10-12-25(29-22(5)15-19(2)16-23(29)6)30(24)26(32)17-27(33)31(7,8)9;2*1-2-4-5-3-1;/h2*10-17,32H,1-9H3;2*1-4H2;/q;;;;+2/p-2/b2*26-17-;;;. The third-order valence-corrected chi connectivity index (χ3v) is 14.1. The van der Waals surface area contributed by atoms with Gasteiger partial charge >= 0.3 is 16.5 Å². The molecule has 0 spiro atoms. The van der Waals surface area contributed by atoms with E-state index in [1.54, 1.807) is 0 Å². The van der Waals surface area contributed by atoms with Crippen LogP contribution in [0.3, 0.4) is 0 Å². The summed E-state index contributed by atoms with van der Waals surface area (Å²) in [6.45, 7) is 40.1. The second-order valence-corrected chi connectivity index (χ2v) is 23.4. The number of benzene rings is 6. The van der Waals surface area contributed by atoms with Gasteiger partial charge in [0.1, 0.15) is 0 Å². The SMILES string of the molecule is C1CCOC1.C1CCOC1.Cc1cc(C)c(-c2cccc(-c3c(C)cc(C)cc3C)c2/C([O-])=C/C(=O)C(C)(C)C)c(C)c1.Cc1cc(C)c(-c2cccc(-c3c(C)cc(C)cc3C)c2/C([O-])=C/C(=O)C(C)(C)C)c(C)c1.[Ni+2]. The summed E-state index contributed by atoms with van der Waals surface area (Å²) in [6, 6.07) is 29.3. The summed E-state index contributed by atoms with van der Waals surface area (Å²) in [4.78, 5) is 25.6. The number of carbonyl (C=O) groups excluding carboxylic acids is 2. The van der Waals surface area contributed by atoms with Crippen LogP contribution in [-0.4, -0.2) is 38.0 Å². The van der Waals surface area contributed by atoms with Gasteiger partial charge in [-0.1, -0.05) is 160 Å². The maximum absolute atomic E-state index is 13.8. The van der Waals surface area contributed by atoms with Crippen molar-refractivity contribution < 1.29 is 45.8 Å². The second kappa shape index (κ2) is 27.6. The average Bonchev–Trinajstić information content (AvgIpc) is 4.09. The molecule has 2 heterocycles. The van der Waals surface area contributed by atoms with Gasteiger partial charge in [0.15, 0.2) is 11.6 Å². The van der Waals surface area contributed by atoms with Crippen LogP contribution in [0.5, 0.6) is 0 Å². The fraction of sp³-hybridized carbons (Fsp3) is 0.400. The topological polar surface area (TPSA) is 98.7 Å². The molecule has 0 radical (unpaired) electrons. The molecule has 77 heavy (non-hydrogen) atoms. The van der Waals surface area contributed by atoms with Gasteiger partial charge in [0.05, 0.1) is 0 Å². The van der Waals surface area contributed by atoms with E-state index in [9.17, 15) is 19.8 Å². The van der Waals surface area contributed by atoms with Crippen LogP contribution in [0.25, 0.3) is 56.0 Å². The Balaban J connectivity index is 0.000000277. The van der Waals surface area contributed by atoms with Crippen LogP contribution in [0.2, 0.25) is 0 Å². The van der Waals surface area contributed by atoms with Gasteiger partial charge in [-0.2, -0.15) is 0 Å². The van der Waals surface area contributed by atoms with Gasteiger partial charge in [0.2, 0.25) is 0 Å². The van der Waals surface area contributed by atoms with E-state index in [2.05, 4.69) is 132 Å². The molecular formula is C70H86NiO6. The molecule has 6 aromatic carbocycles. The van der Waals surface area contributed by atoms with Gasteiger partial charge < -0.3 is 19.7 Å². The number of hydrogen-bond acceptors (Lipinski definition) is 6. The van der Waals surface area contributed by atoms with E-state index in [-0.39, 0.29) is 39.6 Å². The Morgan fingerprint density at radius 1 is 0.390 bits per heavy atom. The minimum atomic E-state index is -0.615. The summed E-state index contributed by atoms with van der Waals surface area (Å²) in [5.41, 5.74) is 21.5. The zero-order valence-corrected chi connectivity index (χ0v) is 50.6. The largest absolute Gasteiger partial charge is 2.00 e. The number of ketones is 2. The van der Waals surface area contributed by atoms with Crippen molar-refractivity contribution >= 4 is 23.1 Å². The van der Waals surface area contributed by atoms with Crippen LogP contribution in [0.4, 0.5) is 0 Å². The van der Waals surface area contributed by atoms with Crippen LogP contribution < -0.4 is 10.2 Å². The molecule has 0 atom stereocenters. The molecule has 0 saturated carbocycles. The van der Waals surface area contributed by atoms with Crippen LogP contribution in [0.15, 0.2) is 97.1 Å². The number of aryl methyl sites for hydroxylation is 12. The summed E-state index contributed by atoms with van der Waals surface area (Å²) in [7, 11) is 0. The Hall–Kier alpha value is -5.85. The first kappa shape index (κ1) is 63.7. The predicted octanol–water partition coefficient (Wildman–Crippen LogP) is 16.0. The van der Waals surface area contributed by atoms with E-state index >= 15 is 0 Å². The molecule has 0 unspecified atom stereocenters. The quantitative estimate of drug-likeness (QED) is 0.0855. The van der Waals surface area contributed by atoms with Crippen molar-refractivity contribution in [2.75, 3.05) is 26.4 Å². The van der Waals surface area contributed by atoms with E-state index in [0.717, 1.165) is 115 Å². The van der Waals surface area contributed by atoms with E-state index in [4.69, 9.17) is 9.47 Å². The van der Waals surface area contributed by atoms with E-state index in [1.807, 2.05) is 77.9 Å². The van der Waals surface area contributed by atoms with Gasteiger partial charge in [-0.3, -0.25) is 9.59 Å². The van der Waals surface area contributed by atoms with Crippen molar-refractivity contribution in [2.24, 2.45) is 10.8 Å². The summed E-state index contributed by atoms with van der Waals surface area (Å²) in [6.07, 6.45) is 7.69. The molecule has 0 aromatic heterocycles. The molecule has 2 aliphatic rings. The molecule has 6 aromatic rings. The fourth-order valence-electron chi connectivity index (χ4n) is 10.7. The molecule has 412 valence electrons. The molecule has 2 saturated heterocycles. The van der Waals surface area contributed by atoms with Gasteiger partial charge in [-0.15, -0.1) is 0 Å². The van der Waals surface area contributed by atoms with Crippen molar-refractivity contribution in [2.45, 2.75) is 150 Å². The number of allylic oxidation sites excluding steroid dienone is 2. The van der Waals surface area contributed by atoms with Crippen molar-refractivity contribution in [3.05, 3.63) is 175 Å². The van der Waals surface area contributed by atoms with Crippen molar-refractivity contribution in [1.29, 1.82) is 0 Å². The van der Waals surface area contributed by atoms with E-state index < -0.39 is 10.8 Å². The maximum atomic E-state index is 13.8. The van der Waals surface area contributed by atoms with Gasteiger partial charge in [0, 0.05) is 37.3 Å². The van der Waals surface area contributed by atoms with Crippen LogP contribution in [0, 0.1) is 93.9 Å². The summed E-state index contributed by atoms with van der Waals surface area (Å²) < 4.78 is 9.89. The Labute approximate surface area is 473 Å². The van der Waals surface area contributed by atoms with Crippen LogP contribution in [0.1, 0.15) is 145 Å². The minimum absolute atomic E-state index is 0. The van der Waals surface area contributed by atoms with Gasteiger partial charge in [-0.25, -0.2) is 0 Å². The van der Waals surface area contributed by atoms with Crippen LogP contribution >= 0.6 is 0 Å². The van der Waals surface area contributed by atoms with E-state index in [0.29, 0.717) is 11.1 Å². The fourth-order valence-corrected chi connectivity index (χ4v) is 10.7. The minimum Gasteiger partial charge on any atom is -0.872 e. The molecule has 0 bridgehead atoms. The zero-order valence-electron chi connectivity index (χ0n) is 49.7. The zero-order chi connectivity index (χ0) is 56.4. The molecule has 0 aliphatic carbocycles. The molecular weight excluding hydrogens is 995 g/mol.